The van der Waals surface area contributed by atoms with Gasteiger partial charge in [-0.2, -0.15) is 0 Å². The predicted molar refractivity (Wildman–Crippen MR) is 79.6 cm³/mol. The lowest BCUT2D eigenvalue weighted by atomic mass is 9.49. The molecule has 4 rings (SSSR count). The van der Waals surface area contributed by atoms with Crippen LogP contribution in [0.25, 0.3) is 0 Å². The van der Waals surface area contributed by atoms with E-state index in [0.717, 1.165) is 37.0 Å². The summed E-state index contributed by atoms with van der Waals surface area (Å²) in [6.07, 6.45) is 8.15. The summed E-state index contributed by atoms with van der Waals surface area (Å²) in [6, 6.07) is 0. The van der Waals surface area contributed by atoms with Crippen LogP contribution in [0.15, 0.2) is 0 Å². The molecule has 0 aromatic heterocycles. The van der Waals surface area contributed by atoms with Crippen LogP contribution in [0.5, 0.6) is 0 Å². The number of hydrogen-bond donors (Lipinski definition) is 2. The first kappa shape index (κ1) is 14.9. The van der Waals surface area contributed by atoms with E-state index >= 15 is 0 Å². The Kier molecular flexibility index (Phi) is 3.98. The molecule has 2 N–H and O–H groups in total. The van der Waals surface area contributed by atoms with Crippen LogP contribution in [0.2, 0.25) is 0 Å². The minimum Gasteiger partial charge on any atom is -0.481 e. The summed E-state index contributed by atoms with van der Waals surface area (Å²) in [4.78, 5) is 23.3. The third-order valence-corrected chi connectivity index (χ3v) is 5.98. The lowest BCUT2D eigenvalue weighted by Gasteiger charge is -2.55. The topological polar surface area (TPSA) is 66.4 Å². The molecule has 1 atom stereocenters. The number of carbonyl (C=O) groups is 2. The van der Waals surface area contributed by atoms with Crippen molar-refractivity contribution >= 4 is 11.9 Å². The molecule has 1 amide bonds. The van der Waals surface area contributed by atoms with Gasteiger partial charge in [0.15, 0.2) is 0 Å². The zero-order chi connectivity index (χ0) is 15.0. The van der Waals surface area contributed by atoms with Gasteiger partial charge in [-0.3, -0.25) is 9.59 Å². The molecule has 0 radical (unpaired) electrons. The SMILES string of the molecule is CC(CCC(=O)O)CNC(=O)C12CC3CC(CC(C3)C1)C2. The first-order valence-corrected chi connectivity index (χ1v) is 8.47. The van der Waals surface area contributed by atoms with E-state index in [2.05, 4.69) is 5.32 Å². The molecule has 4 nitrogen and oxygen atoms in total. The Morgan fingerprint density at radius 1 is 1.14 bits per heavy atom. The van der Waals surface area contributed by atoms with Crippen LogP contribution >= 0.6 is 0 Å². The molecular weight excluding hydrogens is 266 g/mol. The number of hydrogen-bond acceptors (Lipinski definition) is 2. The molecule has 0 aromatic rings. The average Bonchev–Trinajstić information content (AvgIpc) is 2.41. The first-order valence-electron chi connectivity index (χ1n) is 8.47. The normalized spacial score (nSPS) is 38.2. The summed E-state index contributed by atoms with van der Waals surface area (Å²) in [5, 5.41) is 11.8. The Hall–Kier alpha value is -1.06. The quantitative estimate of drug-likeness (QED) is 0.791. The third-order valence-electron chi connectivity index (χ3n) is 5.98. The van der Waals surface area contributed by atoms with Crippen molar-refractivity contribution in [3.63, 3.8) is 0 Å². The number of carboxylic acid groups (broad SMARTS) is 1. The maximum atomic E-state index is 12.7. The number of carboxylic acids is 1. The van der Waals surface area contributed by atoms with E-state index in [0.29, 0.717) is 13.0 Å². The van der Waals surface area contributed by atoms with E-state index < -0.39 is 5.97 Å². The monoisotopic (exact) mass is 293 g/mol. The molecule has 21 heavy (non-hydrogen) atoms. The molecule has 0 aliphatic heterocycles. The fourth-order valence-electron chi connectivity index (χ4n) is 5.32. The Morgan fingerprint density at radius 3 is 2.14 bits per heavy atom. The Bertz CT molecular complexity index is 396. The fraction of sp³-hybridized carbons (Fsp3) is 0.882. The van der Waals surface area contributed by atoms with Crippen LogP contribution < -0.4 is 5.32 Å². The molecule has 118 valence electrons. The Balaban J connectivity index is 1.52. The highest BCUT2D eigenvalue weighted by molar-refractivity contribution is 5.83. The van der Waals surface area contributed by atoms with Crippen LogP contribution in [0, 0.1) is 29.1 Å². The molecule has 0 aromatic carbocycles. The number of carbonyl (C=O) groups excluding carboxylic acids is 1. The standard InChI is InChI=1S/C17H27NO3/c1-11(2-3-15(19)20)10-18-16(21)17-7-12-4-13(8-17)6-14(5-12)9-17/h11-14H,2-10H2,1H3,(H,18,21)(H,19,20). The van der Waals surface area contributed by atoms with E-state index in [4.69, 9.17) is 5.11 Å². The van der Waals surface area contributed by atoms with Crippen molar-refractivity contribution in [2.45, 2.75) is 58.3 Å². The van der Waals surface area contributed by atoms with Crippen molar-refractivity contribution in [1.82, 2.24) is 5.32 Å². The van der Waals surface area contributed by atoms with Gasteiger partial charge in [0.05, 0.1) is 0 Å². The van der Waals surface area contributed by atoms with E-state index in [-0.39, 0.29) is 23.7 Å². The van der Waals surface area contributed by atoms with Crippen LogP contribution in [-0.4, -0.2) is 23.5 Å². The lowest BCUT2D eigenvalue weighted by Crippen LogP contribution is -2.54. The second-order valence-corrected chi connectivity index (χ2v) is 7.95. The molecule has 0 heterocycles. The second-order valence-electron chi connectivity index (χ2n) is 7.95. The Morgan fingerprint density at radius 2 is 1.67 bits per heavy atom. The molecule has 4 aliphatic rings. The molecule has 4 heteroatoms. The Labute approximate surface area is 126 Å². The van der Waals surface area contributed by atoms with Gasteiger partial charge in [0.25, 0.3) is 0 Å². The minimum atomic E-state index is -0.755. The van der Waals surface area contributed by atoms with E-state index in [1.807, 2.05) is 6.92 Å². The minimum absolute atomic E-state index is 0.0821. The highest BCUT2D eigenvalue weighted by atomic mass is 16.4. The third kappa shape index (κ3) is 3.09. The van der Waals surface area contributed by atoms with Gasteiger partial charge in [-0.05, 0) is 68.6 Å². The zero-order valence-corrected chi connectivity index (χ0v) is 12.9. The highest BCUT2D eigenvalue weighted by Crippen LogP contribution is 2.60. The smallest absolute Gasteiger partial charge is 0.303 e. The summed E-state index contributed by atoms with van der Waals surface area (Å²) in [7, 11) is 0. The van der Waals surface area contributed by atoms with Crippen LogP contribution in [-0.2, 0) is 9.59 Å². The van der Waals surface area contributed by atoms with Gasteiger partial charge in [0.1, 0.15) is 0 Å². The van der Waals surface area contributed by atoms with E-state index in [1.165, 1.54) is 19.3 Å². The summed E-state index contributed by atoms with van der Waals surface area (Å²) >= 11 is 0. The van der Waals surface area contributed by atoms with Gasteiger partial charge in [-0.1, -0.05) is 6.92 Å². The largest absolute Gasteiger partial charge is 0.481 e. The molecule has 0 spiro atoms. The lowest BCUT2D eigenvalue weighted by molar-refractivity contribution is -0.146. The molecular formula is C17H27NO3. The summed E-state index contributed by atoms with van der Waals surface area (Å²) in [5.41, 5.74) is -0.0821. The number of amides is 1. The van der Waals surface area contributed by atoms with Gasteiger partial charge in [0, 0.05) is 18.4 Å². The fourth-order valence-corrected chi connectivity index (χ4v) is 5.32. The van der Waals surface area contributed by atoms with Crippen LogP contribution in [0.4, 0.5) is 0 Å². The van der Waals surface area contributed by atoms with Crippen molar-refractivity contribution in [2.75, 3.05) is 6.54 Å². The van der Waals surface area contributed by atoms with Crippen molar-refractivity contribution < 1.29 is 14.7 Å². The zero-order valence-electron chi connectivity index (χ0n) is 12.9. The molecule has 4 aliphatic carbocycles. The van der Waals surface area contributed by atoms with Crippen LogP contribution in [0.3, 0.4) is 0 Å². The van der Waals surface area contributed by atoms with Gasteiger partial charge in [-0.25, -0.2) is 0 Å². The number of aliphatic carboxylic acids is 1. The summed E-state index contributed by atoms with van der Waals surface area (Å²) in [5.74, 6) is 2.08. The van der Waals surface area contributed by atoms with Gasteiger partial charge in [0.2, 0.25) is 5.91 Å². The summed E-state index contributed by atoms with van der Waals surface area (Å²) in [6.45, 7) is 2.64. The molecule has 0 saturated heterocycles. The van der Waals surface area contributed by atoms with Crippen molar-refractivity contribution in [3.05, 3.63) is 0 Å². The maximum absolute atomic E-state index is 12.7. The van der Waals surface area contributed by atoms with Crippen molar-refractivity contribution in [3.8, 4) is 0 Å². The van der Waals surface area contributed by atoms with Gasteiger partial charge >= 0.3 is 5.97 Å². The van der Waals surface area contributed by atoms with E-state index in [1.54, 1.807) is 0 Å². The van der Waals surface area contributed by atoms with E-state index in [9.17, 15) is 9.59 Å². The van der Waals surface area contributed by atoms with Crippen molar-refractivity contribution in [2.24, 2.45) is 29.1 Å². The second kappa shape index (κ2) is 5.62. The molecule has 1 unspecified atom stereocenters. The molecule has 4 fully saturated rings. The summed E-state index contributed by atoms with van der Waals surface area (Å²) < 4.78 is 0. The number of rotatable bonds is 6. The molecule has 4 saturated carbocycles. The van der Waals surface area contributed by atoms with Gasteiger partial charge < -0.3 is 10.4 Å². The maximum Gasteiger partial charge on any atom is 0.303 e. The molecule has 4 bridgehead atoms. The highest BCUT2D eigenvalue weighted by Gasteiger charge is 2.54. The van der Waals surface area contributed by atoms with Crippen LogP contribution in [0.1, 0.15) is 58.3 Å². The number of nitrogens with one attached hydrogen (secondary N) is 1. The first-order chi connectivity index (χ1) is 9.97. The average molecular weight is 293 g/mol. The predicted octanol–water partition coefficient (Wildman–Crippen LogP) is 2.82. The van der Waals surface area contributed by atoms with Gasteiger partial charge in [-0.15, -0.1) is 0 Å². The van der Waals surface area contributed by atoms with Crippen molar-refractivity contribution in [1.29, 1.82) is 0 Å².